The highest BCUT2D eigenvalue weighted by Gasteiger charge is 2.17. The zero-order chi connectivity index (χ0) is 22.8. The second-order valence-electron chi connectivity index (χ2n) is 7.47. The van der Waals surface area contributed by atoms with E-state index in [9.17, 15) is 9.59 Å². The van der Waals surface area contributed by atoms with Crippen molar-refractivity contribution in [3.8, 4) is 5.69 Å². The van der Waals surface area contributed by atoms with Gasteiger partial charge in [-0.3, -0.25) is 20.4 Å². The highest BCUT2D eigenvalue weighted by molar-refractivity contribution is 6.42. The fourth-order valence-corrected chi connectivity index (χ4v) is 3.93. The van der Waals surface area contributed by atoms with Gasteiger partial charge in [0.25, 0.3) is 0 Å². The molecule has 3 N–H and O–H groups in total. The van der Waals surface area contributed by atoms with E-state index in [-0.39, 0.29) is 24.7 Å². The van der Waals surface area contributed by atoms with E-state index < -0.39 is 0 Å². The predicted octanol–water partition coefficient (Wildman–Crippen LogP) is 4.21. The van der Waals surface area contributed by atoms with Crippen molar-refractivity contribution in [1.29, 1.82) is 0 Å². The van der Waals surface area contributed by atoms with E-state index in [1.54, 1.807) is 23.0 Å². The number of carbonyl (C=O) groups is 2. The molecule has 0 spiro atoms. The van der Waals surface area contributed by atoms with Crippen LogP contribution in [0.4, 0.5) is 0 Å². The number of benzene rings is 2. The van der Waals surface area contributed by atoms with Crippen LogP contribution in [0.25, 0.3) is 16.6 Å². The molecular weight excluding hydrogens is 449 g/mol. The Morgan fingerprint density at radius 3 is 2.47 bits per heavy atom. The molecule has 164 valence electrons. The fraction of sp³-hybridized carbons (Fsp3) is 0.174. The molecule has 0 atom stereocenters. The third-order valence-electron chi connectivity index (χ3n) is 5.29. The summed E-state index contributed by atoms with van der Waals surface area (Å²) in [6.45, 7) is 3.71. The lowest BCUT2D eigenvalue weighted by Gasteiger charge is -2.09. The van der Waals surface area contributed by atoms with Crippen LogP contribution in [0.2, 0.25) is 10.0 Å². The van der Waals surface area contributed by atoms with Gasteiger partial charge in [0.05, 0.1) is 34.3 Å². The summed E-state index contributed by atoms with van der Waals surface area (Å²) in [4.78, 5) is 27.9. The summed E-state index contributed by atoms with van der Waals surface area (Å²) in [5.74, 6) is -0.639. The monoisotopic (exact) mass is 469 g/mol. The van der Waals surface area contributed by atoms with Crippen molar-refractivity contribution in [2.75, 3.05) is 0 Å². The Labute approximate surface area is 194 Å². The zero-order valence-electron chi connectivity index (χ0n) is 17.5. The molecule has 2 heterocycles. The van der Waals surface area contributed by atoms with Crippen molar-refractivity contribution in [3.63, 3.8) is 0 Å². The number of nitrogens with one attached hydrogen (secondary N) is 3. The van der Waals surface area contributed by atoms with E-state index >= 15 is 0 Å². The van der Waals surface area contributed by atoms with Crippen LogP contribution in [0, 0.1) is 13.8 Å². The third-order valence-corrected chi connectivity index (χ3v) is 6.03. The summed E-state index contributed by atoms with van der Waals surface area (Å²) in [5.41, 5.74) is 9.85. The van der Waals surface area contributed by atoms with Crippen molar-refractivity contribution in [3.05, 3.63) is 81.2 Å². The smallest absolute Gasteiger partial charge is 0.242 e. The lowest BCUT2D eigenvalue weighted by Crippen LogP contribution is -2.43. The largest absolute Gasteiger partial charge is 0.361 e. The molecule has 4 rings (SSSR count). The van der Waals surface area contributed by atoms with Crippen LogP contribution >= 0.6 is 23.2 Å². The van der Waals surface area contributed by atoms with Crippen LogP contribution < -0.4 is 10.9 Å². The number of hydrazine groups is 1. The molecule has 9 heteroatoms. The maximum Gasteiger partial charge on any atom is 0.242 e. The first-order valence-corrected chi connectivity index (χ1v) is 10.7. The molecule has 0 unspecified atom stereocenters. The number of amides is 2. The number of nitrogens with zero attached hydrogens (tertiary/aromatic N) is 2. The summed E-state index contributed by atoms with van der Waals surface area (Å²) >= 11 is 12.1. The second-order valence-corrected chi connectivity index (χ2v) is 8.28. The molecule has 7 nitrogen and oxygen atoms in total. The quantitative estimate of drug-likeness (QED) is 0.382. The highest BCUT2D eigenvalue weighted by atomic mass is 35.5. The third kappa shape index (κ3) is 4.49. The van der Waals surface area contributed by atoms with Gasteiger partial charge >= 0.3 is 0 Å². The van der Waals surface area contributed by atoms with Crippen molar-refractivity contribution in [2.24, 2.45) is 0 Å². The maximum absolute atomic E-state index is 12.5. The van der Waals surface area contributed by atoms with Crippen LogP contribution in [-0.4, -0.2) is 26.6 Å². The first-order valence-electron chi connectivity index (χ1n) is 9.96. The minimum Gasteiger partial charge on any atom is -0.361 e. The van der Waals surface area contributed by atoms with E-state index in [1.165, 1.54) is 0 Å². The topological polar surface area (TPSA) is 91.8 Å². The van der Waals surface area contributed by atoms with Crippen molar-refractivity contribution in [2.45, 2.75) is 26.7 Å². The van der Waals surface area contributed by atoms with Gasteiger partial charge in [0.1, 0.15) is 0 Å². The number of para-hydroxylation sites is 1. The Kier molecular flexibility index (Phi) is 6.21. The molecule has 2 aromatic heterocycles. The molecule has 0 aliphatic carbocycles. The van der Waals surface area contributed by atoms with Gasteiger partial charge in [-0.25, -0.2) is 4.68 Å². The molecule has 2 aromatic carbocycles. The number of aromatic nitrogens is 3. The van der Waals surface area contributed by atoms with Crippen molar-refractivity contribution >= 4 is 45.9 Å². The van der Waals surface area contributed by atoms with E-state index in [0.29, 0.717) is 15.7 Å². The molecular formula is C23H21Cl2N5O2. The summed E-state index contributed by atoms with van der Waals surface area (Å²) in [6.07, 6.45) is 2.03. The average molecular weight is 470 g/mol. The average Bonchev–Trinajstić information content (AvgIpc) is 3.30. The van der Waals surface area contributed by atoms with Crippen LogP contribution in [0.5, 0.6) is 0 Å². The predicted molar refractivity (Wildman–Crippen MR) is 125 cm³/mol. The fourth-order valence-electron chi connectivity index (χ4n) is 3.64. The Balaban J connectivity index is 1.39. The van der Waals surface area contributed by atoms with Gasteiger partial charge in [-0.05, 0) is 43.7 Å². The normalized spacial score (nSPS) is 11.0. The van der Waals surface area contributed by atoms with E-state index in [4.69, 9.17) is 23.2 Å². The van der Waals surface area contributed by atoms with Crippen LogP contribution in [0.3, 0.4) is 0 Å². The Bertz CT molecular complexity index is 1330. The number of aromatic amines is 1. The van der Waals surface area contributed by atoms with E-state index in [0.717, 1.165) is 33.4 Å². The highest BCUT2D eigenvalue weighted by Crippen LogP contribution is 2.26. The van der Waals surface area contributed by atoms with Gasteiger partial charge in [0.15, 0.2) is 0 Å². The van der Waals surface area contributed by atoms with E-state index in [1.807, 2.05) is 44.2 Å². The van der Waals surface area contributed by atoms with Gasteiger partial charge < -0.3 is 4.98 Å². The van der Waals surface area contributed by atoms with Gasteiger partial charge in [-0.1, -0.05) is 41.4 Å². The summed E-state index contributed by atoms with van der Waals surface area (Å²) in [5, 5.41) is 6.39. The van der Waals surface area contributed by atoms with Gasteiger partial charge in [-0.2, -0.15) is 5.10 Å². The molecule has 4 aromatic rings. The van der Waals surface area contributed by atoms with Gasteiger partial charge in [-0.15, -0.1) is 0 Å². The molecule has 0 saturated heterocycles. The van der Waals surface area contributed by atoms with Gasteiger partial charge in [0.2, 0.25) is 11.8 Å². The molecule has 0 bridgehead atoms. The number of fused-ring (bicyclic) bond motifs is 1. The lowest BCUT2D eigenvalue weighted by atomic mass is 10.1. The summed E-state index contributed by atoms with van der Waals surface area (Å²) < 4.78 is 1.72. The first kappa shape index (κ1) is 21.9. The number of hydrogen-bond acceptors (Lipinski definition) is 3. The summed E-state index contributed by atoms with van der Waals surface area (Å²) in [7, 11) is 0. The SMILES string of the molecule is Cc1nn(-c2ccc(Cl)c(Cl)c2)c(C)c1CC(=O)NNC(=O)Cc1c[nH]c2ccccc12. The standard InChI is InChI=1S/C23H21Cl2N5O2/c1-13-18(14(2)30(29-13)16-7-8-19(24)20(25)10-16)11-23(32)28-27-22(31)9-15-12-26-21-6-4-3-5-17(15)21/h3-8,10,12,26H,9,11H2,1-2H3,(H,27,31)(H,28,32). The van der Waals surface area contributed by atoms with Crippen LogP contribution in [-0.2, 0) is 22.4 Å². The van der Waals surface area contributed by atoms with Crippen LogP contribution in [0.1, 0.15) is 22.5 Å². The Morgan fingerprint density at radius 1 is 1.00 bits per heavy atom. The zero-order valence-corrected chi connectivity index (χ0v) is 19.0. The number of rotatable bonds is 5. The molecule has 0 saturated carbocycles. The molecule has 2 amide bonds. The number of H-pyrrole nitrogens is 1. The number of aryl methyl sites for hydroxylation is 1. The number of hydrogen-bond donors (Lipinski definition) is 3. The summed E-state index contributed by atoms with van der Waals surface area (Å²) in [6, 6.07) is 13.0. The number of carbonyl (C=O) groups excluding carboxylic acids is 2. The number of halogens is 2. The lowest BCUT2D eigenvalue weighted by molar-refractivity contribution is -0.128. The second kappa shape index (κ2) is 9.06. The first-order chi connectivity index (χ1) is 15.3. The van der Waals surface area contributed by atoms with E-state index in [2.05, 4.69) is 20.9 Å². The molecule has 0 aliphatic rings. The molecule has 0 radical (unpaired) electrons. The Hall–Kier alpha value is -3.29. The molecule has 0 fully saturated rings. The maximum atomic E-state index is 12.5. The van der Waals surface area contributed by atoms with Crippen molar-refractivity contribution < 1.29 is 9.59 Å². The van der Waals surface area contributed by atoms with Crippen molar-refractivity contribution in [1.82, 2.24) is 25.6 Å². The molecule has 32 heavy (non-hydrogen) atoms. The Morgan fingerprint density at radius 2 is 1.72 bits per heavy atom. The molecule has 0 aliphatic heterocycles. The van der Waals surface area contributed by atoms with Crippen LogP contribution in [0.15, 0.2) is 48.7 Å². The van der Waals surface area contributed by atoms with Gasteiger partial charge in [0, 0.05) is 28.4 Å². The minimum atomic E-state index is -0.336. The minimum absolute atomic E-state index is 0.0757.